The van der Waals surface area contributed by atoms with Gasteiger partial charge >= 0.3 is 0 Å². The van der Waals surface area contributed by atoms with Crippen molar-refractivity contribution in [1.82, 2.24) is 15.2 Å². The van der Waals surface area contributed by atoms with Crippen molar-refractivity contribution in [3.63, 3.8) is 0 Å². The summed E-state index contributed by atoms with van der Waals surface area (Å²) in [4.78, 5) is 37.3. The van der Waals surface area contributed by atoms with Gasteiger partial charge in [0.2, 0.25) is 11.8 Å². The highest BCUT2D eigenvalue weighted by Crippen LogP contribution is 2.69. The molecule has 2 aliphatic carbocycles. The molecule has 3 heterocycles. The zero-order valence-corrected chi connectivity index (χ0v) is 32.5. The molecule has 8 nitrogen and oxygen atoms in total. The van der Waals surface area contributed by atoms with Gasteiger partial charge in [-0.05, 0) is 97.2 Å². The number of nitrogens with one attached hydrogen (secondary N) is 2. The van der Waals surface area contributed by atoms with Gasteiger partial charge in [-0.3, -0.25) is 14.5 Å². The van der Waals surface area contributed by atoms with E-state index in [1.165, 1.54) is 6.20 Å². The van der Waals surface area contributed by atoms with Crippen LogP contribution < -0.4 is 10.6 Å². The number of hydrogen-bond acceptors (Lipinski definition) is 6. The van der Waals surface area contributed by atoms with Crippen molar-refractivity contribution in [2.45, 2.75) is 112 Å². The molecular formula is C44H47Cl2FN4O4. The Hall–Kier alpha value is -3.86. The Kier molecular flexibility index (Phi) is 10.1. The number of fused-ring (bicyclic) bond motifs is 3. The van der Waals surface area contributed by atoms with Crippen molar-refractivity contribution in [3.8, 4) is 0 Å². The summed E-state index contributed by atoms with van der Waals surface area (Å²) in [6, 6.07) is 23.5. The van der Waals surface area contributed by atoms with Gasteiger partial charge in [0.05, 0.1) is 24.3 Å². The number of carbonyl (C=O) groups is 2. The smallest absolute Gasteiger partial charge is 0.238 e. The zero-order chi connectivity index (χ0) is 38.7. The number of nitrogens with zero attached hydrogens (tertiary/aromatic N) is 2. The molecule has 0 unspecified atom stereocenters. The Bertz CT molecular complexity index is 2070. The number of aromatic nitrogens is 1. The first-order valence-corrected chi connectivity index (χ1v) is 20.1. The molecular weight excluding hydrogens is 738 g/mol. The lowest BCUT2D eigenvalue weighted by Gasteiger charge is -2.56. The highest BCUT2D eigenvalue weighted by Gasteiger charge is 2.77. The van der Waals surface area contributed by atoms with Crippen molar-refractivity contribution < 1.29 is 24.2 Å². The minimum Gasteiger partial charge on any atom is -0.393 e. The summed E-state index contributed by atoms with van der Waals surface area (Å²) in [5.41, 5.74) is -0.161. The van der Waals surface area contributed by atoms with Crippen LogP contribution in [0.5, 0.6) is 0 Å². The standard InChI is InChI=1S/C44H47Cl2FN4O4/c1-42(2)20-22-43(23-21-42)44(32-18-13-28(45)25-33(32)50-41(44)55)34(31-19-24-48-39(46)35(31)47)37(40(54)49-29-14-16-30(52)17-15-29)51(43)36(26-9-5-3-6-10-26)38(53)27-11-7-4-8-12-27/h3-13,18-19,24-25,29-30,34,36-38,52-53H,14-17,20-23H2,1-2H3,(H,49,54)(H,50,55)/t29?,30?,34-,36+,37+,38-,44-/m0/s1. The van der Waals surface area contributed by atoms with Crippen LogP contribution in [0.1, 0.15) is 106 Å². The number of benzene rings is 3. The fraction of sp³-hybridized carbons (Fsp3) is 0.432. The first-order chi connectivity index (χ1) is 26.4. The molecule has 4 aromatic rings. The highest BCUT2D eigenvalue weighted by molar-refractivity contribution is 6.31. The summed E-state index contributed by atoms with van der Waals surface area (Å²) in [5, 5.41) is 29.7. The fourth-order valence-corrected chi connectivity index (χ4v) is 10.8. The number of carbonyl (C=O) groups excluding carboxylic acids is 2. The molecule has 55 heavy (non-hydrogen) atoms. The van der Waals surface area contributed by atoms with Gasteiger partial charge in [0.15, 0.2) is 11.0 Å². The summed E-state index contributed by atoms with van der Waals surface area (Å²) in [5.74, 6) is -2.66. The van der Waals surface area contributed by atoms with Crippen LogP contribution in [0.4, 0.5) is 10.1 Å². The molecule has 11 heteroatoms. The van der Waals surface area contributed by atoms with E-state index in [2.05, 4.69) is 34.4 Å². The van der Waals surface area contributed by atoms with Gasteiger partial charge in [0.1, 0.15) is 5.41 Å². The van der Waals surface area contributed by atoms with Gasteiger partial charge < -0.3 is 20.8 Å². The number of aliphatic hydroxyl groups excluding tert-OH is 2. The lowest BCUT2D eigenvalue weighted by atomic mass is 9.53. The fourth-order valence-electron chi connectivity index (χ4n) is 10.5. The SMILES string of the molecule is CC1(C)CCC2(CC1)N([C@H](c1ccccc1)[C@@H](O)c1ccccc1)[C@@H](C(=O)NC1CCC(O)CC1)[C@H](c1ccnc(Cl)c1F)[C@@]21C(=O)Nc2cc(Cl)ccc21. The summed E-state index contributed by atoms with van der Waals surface area (Å²) in [7, 11) is 0. The minimum atomic E-state index is -1.55. The average Bonchev–Trinajstić information content (AvgIpc) is 3.60. The molecule has 3 aromatic carbocycles. The topological polar surface area (TPSA) is 115 Å². The predicted octanol–water partition coefficient (Wildman–Crippen LogP) is 8.42. The molecule has 3 fully saturated rings. The van der Waals surface area contributed by atoms with E-state index in [1.54, 1.807) is 18.2 Å². The van der Waals surface area contributed by atoms with E-state index in [1.807, 2.05) is 66.7 Å². The van der Waals surface area contributed by atoms with E-state index < -0.39 is 47.0 Å². The van der Waals surface area contributed by atoms with Gasteiger partial charge in [-0.1, -0.05) is 104 Å². The van der Waals surface area contributed by atoms with Crippen LogP contribution in [0.25, 0.3) is 0 Å². The molecule has 1 saturated heterocycles. The van der Waals surface area contributed by atoms with Crippen molar-refractivity contribution in [2.24, 2.45) is 5.41 Å². The van der Waals surface area contributed by atoms with Crippen molar-refractivity contribution >= 4 is 40.7 Å². The van der Waals surface area contributed by atoms with Crippen LogP contribution in [0, 0.1) is 11.2 Å². The molecule has 4 aliphatic rings. The van der Waals surface area contributed by atoms with Crippen LogP contribution in [0.2, 0.25) is 10.2 Å². The van der Waals surface area contributed by atoms with Crippen LogP contribution in [-0.2, 0) is 15.0 Å². The number of pyridine rings is 1. The van der Waals surface area contributed by atoms with Gasteiger partial charge in [-0.2, -0.15) is 0 Å². The second kappa shape index (κ2) is 14.6. The second-order valence-electron chi connectivity index (χ2n) is 16.7. The van der Waals surface area contributed by atoms with Crippen LogP contribution in [0.15, 0.2) is 91.1 Å². The van der Waals surface area contributed by atoms with E-state index in [0.717, 1.165) is 5.56 Å². The second-order valence-corrected chi connectivity index (χ2v) is 17.5. The molecule has 1 aromatic heterocycles. The maximum absolute atomic E-state index is 17.0. The number of halogens is 3. The monoisotopic (exact) mass is 784 g/mol. The molecule has 0 radical (unpaired) electrons. The van der Waals surface area contributed by atoms with Crippen molar-refractivity contribution in [2.75, 3.05) is 5.32 Å². The number of amides is 2. The summed E-state index contributed by atoms with van der Waals surface area (Å²) in [6.45, 7) is 4.42. The third-order valence-corrected chi connectivity index (χ3v) is 13.7. The van der Waals surface area contributed by atoms with E-state index >= 15 is 14.0 Å². The molecule has 8 rings (SSSR count). The van der Waals surface area contributed by atoms with E-state index in [4.69, 9.17) is 23.2 Å². The third-order valence-electron chi connectivity index (χ3n) is 13.2. The summed E-state index contributed by atoms with van der Waals surface area (Å²) < 4.78 is 17.0. The van der Waals surface area contributed by atoms with Crippen LogP contribution >= 0.6 is 23.2 Å². The van der Waals surface area contributed by atoms with Gasteiger partial charge in [0, 0.05) is 34.4 Å². The van der Waals surface area contributed by atoms with E-state index in [-0.39, 0.29) is 34.0 Å². The number of hydrogen-bond donors (Lipinski definition) is 4. The van der Waals surface area contributed by atoms with Gasteiger partial charge in [0.25, 0.3) is 0 Å². The lowest BCUT2D eigenvalue weighted by Crippen LogP contribution is -2.64. The Morgan fingerprint density at radius 2 is 1.56 bits per heavy atom. The van der Waals surface area contributed by atoms with E-state index in [0.29, 0.717) is 73.2 Å². The first-order valence-electron chi connectivity index (χ1n) is 19.3. The largest absolute Gasteiger partial charge is 0.393 e. The molecule has 2 spiro atoms. The Labute approximate surface area is 331 Å². The molecule has 0 bridgehead atoms. The van der Waals surface area contributed by atoms with Gasteiger partial charge in [-0.25, -0.2) is 9.37 Å². The first kappa shape index (κ1) is 38.0. The number of aliphatic hydroxyl groups is 2. The lowest BCUT2D eigenvalue weighted by molar-refractivity contribution is -0.137. The molecule has 4 N–H and O–H groups in total. The van der Waals surface area contributed by atoms with Crippen LogP contribution in [-0.4, -0.2) is 55.6 Å². The normalized spacial score (nSPS) is 28.1. The number of rotatable bonds is 7. The Morgan fingerprint density at radius 1 is 0.927 bits per heavy atom. The molecule has 288 valence electrons. The minimum absolute atomic E-state index is 0.0969. The molecule has 2 amide bonds. The predicted molar refractivity (Wildman–Crippen MR) is 211 cm³/mol. The molecule has 2 saturated carbocycles. The molecule has 5 atom stereocenters. The average molecular weight is 786 g/mol. The zero-order valence-electron chi connectivity index (χ0n) is 31.0. The van der Waals surface area contributed by atoms with Crippen molar-refractivity contribution in [1.29, 1.82) is 0 Å². The summed E-state index contributed by atoms with van der Waals surface area (Å²) >= 11 is 13.1. The van der Waals surface area contributed by atoms with Crippen molar-refractivity contribution in [3.05, 3.63) is 129 Å². The Morgan fingerprint density at radius 3 is 2.22 bits per heavy atom. The maximum atomic E-state index is 17.0. The Balaban J connectivity index is 1.47. The highest BCUT2D eigenvalue weighted by atomic mass is 35.5. The third kappa shape index (κ3) is 6.27. The molecule has 2 aliphatic heterocycles. The summed E-state index contributed by atoms with van der Waals surface area (Å²) in [6.07, 6.45) is 4.38. The maximum Gasteiger partial charge on any atom is 0.238 e. The van der Waals surface area contributed by atoms with E-state index in [9.17, 15) is 10.2 Å². The quantitative estimate of drug-likeness (QED) is 0.140. The van der Waals surface area contributed by atoms with Crippen LogP contribution in [0.3, 0.4) is 0 Å². The van der Waals surface area contributed by atoms with Gasteiger partial charge in [-0.15, -0.1) is 0 Å². The number of likely N-dealkylation sites (tertiary alicyclic amines) is 1. The number of anilines is 1.